The molecule has 0 aliphatic heterocycles. The predicted molar refractivity (Wildman–Crippen MR) is 45.7 cm³/mol. The van der Waals surface area contributed by atoms with E-state index in [1.54, 1.807) is 38.6 Å². The van der Waals surface area contributed by atoms with Gasteiger partial charge in [0.25, 0.3) is 0 Å². The lowest BCUT2D eigenvalue weighted by molar-refractivity contribution is -0.0208. The van der Waals surface area contributed by atoms with Crippen LogP contribution in [0.25, 0.3) is 0 Å². The van der Waals surface area contributed by atoms with Gasteiger partial charge in [0, 0.05) is 19.5 Å². The fourth-order valence-electron chi connectivity index (χ4n) is 1.08. The molecule has 1 aromatic rings. The van der Waals surface area contributed by atoms with E-state index in [0.717, 1.165) is 5.56 Å². The first-order chi connectivity index (χ1) is 5.67. The van der Waals surface area contributed by atoms with Crippen LogP contribution in [-0.2, 0) is 10.3 Å². The average Bonchev–Trinajstić information content (AvgIpc) is 2.06. The molecule has 0 amide bonds. The molecule has 0 fully saturated rings. The molecule has 1 unspecified atom stereocenters. The van der Waals surface area contributed by atoms with E-state index in [1.165, 1.54) is 0 Å². The van der Waals surface area contributed by atoms with Crippen molar-refractivity contribution in [2.75, 3.05) is 13.7 Å². The van der Waals surface area contributed by atoms with E-state index in [9.17, 15) is 5.11 Å². The first-order valence-corrected chi connectivity index (χ1v) is 3.78. The number of aromatic nitrogens is 1. The summed E-state index contributed by atoms with van der Waals surface area (Å²) in [5, 5.41) is 9.83. The minimum atomic E-state index is -0.919. The molecule has 3 heteroatoms. The molecule has 3 nitrogen and oxygen atoms in total. The summed E-state index contributed by atoms with van der Waals surface area (Å²) in [6, 6.07) is 3.55. The lowest BCUT2D eigenvalue weighted by Crippen LogP contribution is -2.26. The molecule has 0 aromatic carbocycles. The maximum Gasteiger partial charge on any atom is 0.110 e. The Kier molecular flexibility index (Phi) is 2.78. The van der Waals surface area contributed by atoms with Crippen molar-refractivity contribution in [2.24, 2.45) is 0 Å². The number of hydrogen-bond acceptors (Lipinski definition) is 3. The highest BCUT2D eigenvalue weighted by atomic mass is 16.5. The van der Waals surface area contributed by atoms with Crippen LogP contribution in [0, 0.1) is 0 Å². The van der Waals surface area contributed by atoms with Crippen molar-refractivity contribution in [3.63, 3.8) is 0 Å². The minimum Gasteiger partial charge on any atom is -0.383 e. The summed E-state index contributed by atoms with van der Waals surface area (Å²) < 4.78 is 4.89. The van der Waals surface area contributed by atoms with Crippen molar-refractivity contribution >= 4 is 0 Å². The maximum atomic E-state index is 9.83. The molecule has 1 N–H and O–H groups in total. The van der Waals surface area contributed by atoms with Crippen LogP contribution in [-0.4, -0.2) is 23.8 Å². The number of rotatable bonds is 3. The van der Waals surface area contributed by atoms with E-state index in [2.05, 4.69) is 4.98 Å². The molecule has 66 valence electrons. The summed E-state index contributed by atoms with van der Waals surface area (Å²) in [4.78, 5) is 3.87. The van der Waals surface area contributed by atoms with Gasteiger partial charge in [-0.2, -0.15) is 0 Å². The second-order valence-corrected chi connectivity index (χ2v) is 2.94. The SMILES string of the molecule is COCC(C)(O)c1ccncc1. The Bertz CT molecular complexity index is 234. The van der Waals surface area contributed by atoms with Gasteiger partial charge in [-0.15, -0.1) is 0 Å². The summed E-state index contributed by atoms with van der Waals surface area (Å²) >= 11 is 0. The van der Waals surface area contributed by atoms with Crippen LogP contribution in [0.15, 0.2) is 24.5 Å². The summed E-state index contributed by atoms with van der Waals surface area (Å²) in [5.74, 6) is 0. The molecule has 12 heavy (non-hydrogen) atoms. The Morgan fingerprint density at radius 3 is 2.58 bits per heavy atom. The van der Waals surface area contributed by atoms with E-state index >= 15 is 0 Å². The fourth-order valence-corrected chi connectivity index (χ4v) is 1.08. The fraction of sp³-hybridized carbons (Fsp3) is 0.444. The van der Waals surface area contributed by atoms with Crippen LogP contribution in [0.1, 0.15) is 12.5 Å². The van der Waals surface area contributed by atoms with Crippen LogP contribution in [0.3, 0.4) is 0 Å². The summed E-state index contributed by atoms with van der Waals surface area (Å²) in [6.45, 7) is 2.00. The van der Waals surface area contributed by atoms with E-state index in [0.29, 0.717) is 0 Å². The Balaban J connectivity index is 2.82. The zero-order valence-electron chi connectivity index (χ0n) is 7.32. The Hall–Kier alpha value is -0.930. The van der Waals surface area contributed by atoms with Gasteiger partial charge < -0.3 is 9.84 Å². The zero-order valence-corrected chi connectivity index (χ0v) is 7.32. The number of pyridine rings is 1. The highest BCUT2D eigenvalue weighted by Crippen LogP contribution is 2.19. The highest BCUT2D eigenvalue weighted by Gasteiger charge is 2.22. The van der Waals surface area contributed by atoms with Crippen LogP contribution in [0.2, 0.25) is 0 Å². The van der Waals surface area contributed by atoms with Crippen molar-refractivity contribution in [2.45, 2.75) is 12.5 Å². The normalized spacial score (nSPS) is 15.6. The highest BCUT2D eigenvalue weighted by molar-refractivity contribution is 5.17. The third kappa shape index (κ3) is 2.03. The van der Waals surface area contributed by atoms with E-state index in [-0.39, 0.29) is 6.61 Å². The standard InChI is InChI=1S/C9H13NO2/c1-9(11,7-12-2)8-3-5-10-6-4-8/h3-6,11H,7H2,1-2H3. The van der Waals surface area contributed by atoms with Gasteiger partial charge in [0.15, 0.2) is 0 Å². The lowest BCUT2D eigenvalue weighted by atomic mass is 9.99. The molecule has 1 heterocycles. The topological polar surface area (TPSA) is 42.4 Å². The van der Waals surface area contributed by atoms with E-state index < -0.39 is 5.60 Å². The van der Waals surface area contributed by atoms with Gasteiger partial charge >= 0.3 is 0 Å². The van der Waals surface area contributed by atoms with Crippen molar-refractivity contribution in [1.82, 2.24) is 4.98 Å². The molecule has 1 aromatic heterocycles. The Morgan fingerprint density at radius 1 is 1.50 bits per heavy atom. The van der Waals surface area contributed by atoms with Gasteiger partial charge in [-0.25, -0.2) is 0 Å². The quantitative estimate of drug-likeness (QED) is 0.728. The van der Waals surface area contributed by atoms with Crippen LogP contribution in [0.5, 0.6) is 0 Å². The number of methoxy groups -OCH3 is 1. The smallest absolute Gasteiger partial charge is 0.110 e. The molecule has 1 rings (SSSR count). The third-order valence-electron chi connectivity index (χ3n) is 1.73. The predicted octanol–water partition coefficient (Wildman–Crippen LogP) is 0.935. The summed E-state index contributed by atoms with van der Waals surface area (Å²) in [5.41, 5.74) is -0.100. The van der Waals surface area contributed by atoms with Crippen LogP contribution >= 0.6 is 0 Å². The monoisotopic (exact) mass is 167 g/mol. The van der Waals surface area contributed by atoms with E-state index in [1.807, 2.05) is 0 Å². The van der Waals surface area contributed by atoms with Gasteiger partial charge in [-0.05, 0) is 24.6 Å². The second-order valence-electron chi connectivity index (χ2n) is 2.94. The summed E-state index contributed by atoms with van der Waals surface area (Å²) in [7, 11) is 1.57. The molecule has 0 saturated carbocycles. The molecule has 0 radical (unpaired) electrons. The first-order valence-electron chi connectivity index (χ1n) is 3.78. The average molecular weight is 167 g/mol. The number of ether oxygens (including phenoxy) is 1. The molecule has 0 bridgehead atoms. The van der Waals surface area contributed by atoms with E-state index in [4.69, 9.17) is 4.74 Å². The van der Waals surface area contributed by atoms with Crippen molar-refractivity contribution < 1.29 is 9.84 Å². The van der Waals surface area contributed by atoms with Gasteiger partial charge in [-0.1, -0.05) is 0 Å². The summed E-state index contributed by atoms with van der Waals surface area (Å²) in [6.07, 6.45) is 3.30. The number of aliphatic hydroxyl groups is 1. The molecule has 0 saturated heterocycles. The number of hydrogen-bond donors (Lipinski definition) is 1. The maximum absolute atomic E-state index is 9.83. The van der Waals surface area contributed by atoms with Gasteiger partial charge in [0.05, 0.1) is 6.61 Å². The molecule has 0 aliphatic carbocycles. The molecule has 1 atom stereocenters. The van der Waals surface area contributed by atoms with Crippen molar-refractivity contribution in [1.29, 1.82) is 0 Å². The molecule has 0 spiro atoms. The van der Waals surface area contributed by atoms with Gasteiger partial charge in [-0.3, -0.25) is 4.98 Å². The minimum absolute atomic E-state index is 0.289. The van der Waals surface area contributed by atoms with Crippen molar-refractivity contribution in [3.8, 4) is 0 Å². The lowest BCUT2D eigenvalue weighted by Gasteiger charge is -2.22. The first kappa shape index (κ1) is 9.16. The Labute approximate surface area is 72.0 Å². The van der Waals surface area contributed by atoms with Crippen LogP contribution in [0.4, 0.5) is 0 Å². The largest absolute Gasteiger partial charge is 0.383 e. The van der Waals surface area contributed by atoms with Crippen molar-refractivity contribution in [3.05, 3.63) is 30.1 Å². The number of nitrogens with zero attached hydrogens (tertiary/aromatic N) is 1. The molecular weight excluding hydrogens is 154 g/mol. The van der Waals surface area contributed by atoms with Gasteiger partial charge in [0.1, 0.15) is 5.60 Å². The molecular formula is C9H13NO2. The second kappa shape index (κ2) is 3.65. The molecule has 0 aliphatic rings. The Morgan fingerprint density at radius 2 is 2.08 bits per heavy atom. The van der Waals surface area contributed by atoms with Crippen LogP contribution < -0.4 is 0 Å². The van der Waals surface area contributed by atoms with Gasteiger partial charge in [0.2, 0.25) is 0 Å². The third-order valence-corrected chi connectivity index (χ3v) is 1.73. The zero-order chi connectivity index (χ0) is 9.03.